The zero-order valence-electron chi connectivity index (χ0n) is 11.4. The molecule has 8 heteroatoms. The number of carbonyl (C=O) groups is 1. The lowest BCUT2D eigenvalue weighted by Gasteiger charge is -2.18. The van der Waals surface area contributed by atoms with Gasteiger partial charge >= 0.3 is 6.18 Å². The zero-order valence-corrected chi connectivity index (χ0v) is 11.4. The van der Waals surface area contributed by atoms with Crippen LogP contribution in [-0.4, -0.2) is 48.1 Å². The van der Waals surface area contributed by atoms with Crippen molar-refractivity contribution in [3.05, 3.63) is 23.9 Å². The highest BCUT2D eigenvalue weighted by molar-refractivity contribution is 5.92. The van der Waals surface area contributed by atoms with Crippen molar-refractivity contribution in [1.29, 1.82) is 0 Å². The summed E-state index contributed by atoms with van der Waals surface area (Å²) < 4.78 is 36.9. The summed E-state index contributed by atoms with van der Waals surface area (Å²) in [5.74, 6) is 0.187. The maximum atomic E-state index is 12.3. The van der Waals surface area contributed by atoms with Gasteiger partial charge in [0.2, 0.25) is 5.91 Å². The molecule has 0 saturated carbocycles. The predicted octanol–water partition coefficient (Wildman–Crippen LogP) is 1.48. The van der Waals surface area contributed by atoms with Crippen LogP contribution in [0.3, 0.4) is 0 Å². The Morgan fingerprint density at radius 2 is 2.24 bits per heavy atom. The highest BCUT2D eigenvalue weighted by Gasteiger charge is 2.34. The zero-order chi connectivity index (χ0) is 15.5. The number of rotatable bonds is 5. The number of alkyl halides is 3. The number of aromatic nitrogens is 1. The molecule has 1 aliphatic rings. The minimum atomic E-state index is -4.14. The Kier molecular flexibility index (Phi) is 4.66. The summed E-state index contributed by atoms with van der Waals surface area (Å²) in [5, 5.41) is 3.06. The number of carbonyl (C=O) groups excluding carboxylic acids is 1. The lowest BCUT2D eigenvalue weighted by Crippen LogP contribution is -2.33. The second kappa shape index (κ2) is 6.30. The fourth-order valence-corrected chi connectivity index (χ4v) is 2.37. The summed E-state index contributed by atoms with van der Waals surface area (Å²) in [7, 11) is 0. The third-order valence-electron chi connectivity index (χ3n) is 3.39. The van der Waals surface area contributed by atoms with E-state index >= 15 is 0 Å². The van der Waals surface area contributed by atoms with E-state index in [9.17, 15) is 18.0 Å². The van der Waals surface area contributed by atoms with Gasteiger partial charge in [-0.05, 0) is 31.0 Å². The number of halogens is 3. The molecule has 1 aromatic rings. The van der Waals surface area contributed by atoms with Gasteiger partial charge in [0.15, 0.2) is 0 Å². The van der Waals surface area contributed by atoms with E-state index in [0.29, 0.717) is 31.0 Å². The molecule has 0 bridgehead atoms. The molecule has 1 fully saturated rings. The topological polar surface area (TPSA) is 71.2 Å². The number of likely N-dealkylation sites (tertiary alicyclic amines) is 1. The van der Waals surface area contributed by atoms with Crippen LogP contribution < -0.4 is 11.1 Å². The van der Waals surface area contributed by atoms with Gasteiger partial charge in [-0.25, -0.2) is 4.98 Å². The van der Waals surface area contributed by atoms with Gasteiger partial charge in [0.1, 0.15) is 5.82 Å². The fraction of sp³-hybridized carbons (Fsp3) is 0.538. The summed E-state index contributed by atoms with van der Waals surface area (Å²) >= 11 is 0. The summed E-state index contributed by atoms with van der Waals surface area (Å²) in [6.45, 7) is 0.581. The van der Waals surface area contributed by atoms with Crippen molar-refractivity contribution in [2.45, 2.75) is 12.6 Å². The summed E-state index contributed by atoms with van der Waals surface area (Å²) in [6, 6.07) is 3.19. The van der Waals surface area contributed by atoms with Gasteiger partial charge in [0, 0.05) is 19.3 Å². The molecule has 1 amide bonds. The number of hydrogen-bond acceptors (Lipinski definition) is 4. The van der Waals surface area contributed by atoms with E-state index in [-0.39, 0.29) is 5.92 Å². The van der Waals surface area contributed by atoms with Crippen molar-refractivity contribution in [3.8, 4) is 0 Å². The maximum Gasteiger partial charge on any atom is 0.401 e. The first kappa shape index (κ1) is 15.6. The van der Waals surface area contributed by atoms with Crippen molar-refractivity contribution >= 4 is 11.7 Å². The predicted molar refractivity (Wildman–Crippen MR) is 71.8 cm³/mol. The van der Waals surface area contributed by atoms with E-state index in [0.717, 1.165) is 6.42 Å². The smallest absolute Gasteiger partial charge is 0.370 e. The molecule has 2 heterocycles. The van der Waals surface area contributed by atoms with Crippen LogP contribution in [0.25, 0.3) is 0 Å². The number of pyridine rings is 1. The first-order chi connectivity index (χ1) is 9.83. The van der Waals surface area contributed by atoms with Crippen LogP contribution in [0, 0.1) is 5.92 Å². The number of primary amides is 1. The number of anilines is 1. The molecule has 3 N–H and O–H groups in total. The number of nitrogens with one attached hydrogen (secondary N) is 1. The molecular formula is C13H17F3N4O. The first-order valence-corrected chi connectivity index (χ1v) is 6.62. The van der Waals surface area contributed by atoms with E-state index in [1.165, 1.54) is 11.1 Å². The van der Waals surface area contributed by atoms with Gasteiger partial charge in [0.05, 0.1) is 12.1 Å². The van der Waals surface area contributed by atoms with Gasteiger partial charge in [-0.3, -0.25) is 9.69 Å². The second-order valence-electron chi connectivity index (χ2n) is 5.18. The van der Waals surface area contributed by atoms with Crippen LogP contribution in [0.4, 0.5) is 19.0 Å². The normalized spacial score (nSPS) is 19.7. The van der Waals surface area contributed by atoms with E-state index in [2.05, 4.69) is 10.3 Å². The van der Waals surface area contributed by atoms with E-state index in [4.69, 9.17) is 5.73 Å². The second-order valence-corrected chi connectivity index (χ2v) is 5.18. The van der Waals surface area contributed by atoms with Crippen LogP contribution in [0.2, 0.25) is 0 Å². The van der Waals surface area contributed by atoms with Crippen molar-refractivity contribution in [2.24, 2.45) is 11.7 Å². The highest BCUT2D eigenvalue weighted by atomic mass is 19.4. The molecule has 0 aliphatic carbocycles. The molecule has 1 unspecified atom stereocenters. The van der Waals surface area contributed by atoms with Gasteiger partial charge in [0.25, 0.3) is 0 Å². The monoisotopic (exact) mass is 302 g/mol. The Morgan fingerprint density at radius 1 is 1.48 bits per heavy atom. The largest absolute Gasteiger partial charge is 0.401 e. The van der Waals surface area contributed by atoms with Gasteiger partial charge in [-0.1, -0.05) is 0 Å². The van der Waals surface area contributed by atoms with Crippen LogP contribution in [0.15, 0.2) is 18.3 Å². The van der Waals surface area contributed by atoms with E-state index in [1.807, 2.05) is 0 Å². The Balaban J connectivity index is 1.78. The third-order valence-corrected chi connectivity index (χ3v) is 3.39. The lowest BCUT2D eigenvalue weighted by atomic mass is 10.1. The van der Waals surface area contributed by atoms with Gasteiger partial charge in [-0.2, -0.15) is 13.2 Å². The summed E-state index contributed by atoms with van der Waals surface area (Å²) in [6.07, 6.45) is -2.05. The number of amides is 1. The lowest BCUT2D eigenvalue weighted by molar-refractivity contribution is -0.143. The fourth-order valence-electron chi connectivity index (χ4n) is 2.37. The van der Waals surface area contributed by atoms with Crippen molar-refractivity contribution in [3.63, 3.8) is 0 Å². The number of nitrogens with zero attached hydrogens (tertiary/aromatic N) is 2. The Labute approximate surface area is 120 Å². The van der Waals surface area contributed by atoms with E-state index < -0.39 is 18.6 Å². The van der Waals surface area contributed by atoms with Crippen LogP contribution in [-0.2, 0) is 0 Å². The summed E-state index contributed by atoms with van der Waals surface area (Å²) in [5.41, 5.74) is 5.42. The minimum absolute atomic E-state index is 0.157. The van der Waals surface area contributed by atoms with Crippen molar-refractivity contribution in [1.82, 2.24) is 9.88 Å². The SMILES string of the molecule is NC(=O)c1ccc(NCC2CCN(CC(F)(F)F)C2)nc1. The molecule has 1 saturated heterocycles. The molecule has 5 nitrogen and oxygen atoms in total. The third kappa shape index (κ3) is 4.89. The number of hydrogen-bond donors (Lipinski definition) is 2. The molecular weight excluding hydrogens is 285 g/mol. The molecule has 0 radical (unpaired) electrons. The maximum absolute atomic E-state index is 12.3. The summed E-state index contributed by atoms with van der Waals surface area (Å²) in [4.78, 5) is 16.3. The van der Waals surface area contributed by atoms with Gasteiger partial charge < -0.3 is 11.1 Å². The molecule has 0 spiro atoms. The van der Waals surface area contributed by atoms with E-state index in [1.54, 1.807) is 12.1 Å². The molecule has 2 rings (SSSR count). The molecule has 0 aromatic carbocycles. The van der Waals surface area contributed by atoms with Gasteiger partial charge in [-0.15, -0.1) is 0 Å². The Bertz CT molecular complexity index is 489. The molecule has 21 heavy (non-hydrogen) atoms. The standard InChI is InChI=1S/C13H17F3N4O/c14-13(15,16)8-20-4-3-9(7-20)5-18-11-2-1-10(6-19-11)12(17)21/h1-2,6,9H,3-5,7-8H2,(H2,17,21)(H,18,19). The van der Waals surface area contributed by atoms with Crippen molar-refractivity contribution in [2.75, 3.05) is 31.5 Å². The molecule has 116 valence electrons. The van der Waals surface area contributed by atoms with Crippen LogP contribution in [0.5, 0.6) is 0 Å². The van der Waals surface area contributed by atoms with Crippen molar-refractivity contribution < 1.29 is 18.0 Å². The Morgan fingerprint density at radius 3 is 2.81 bits per heavy atom. The molecule has 1 aliphatic heterocycles. The molecule has 1 aromatic heterocycles. The van der Waals surface area contributed by atoms with Crippen LogP contribution >= 0.6 is 0 Å². The molecule has 1 atom stereocenters. The first-order valence-electron chi connectivity index (χ1n) is 6.62. The highest BCUT2D eigenvalue weighted by Crippen LogP contribution is 2.22. The Hall–Kier alpha value is -1.83. The van der Waals surface area contributed by atoms with Crippen LogP contribution in [0.1, 0.15) is 16.8 Å². The minimum Gasteiger partial charge on any atom is -0.370 e. The average Bonchev–Trinajstić information content (AvgIpc) is 2.82. The average molecular weight is 302 g/mol. The number of nitrogens with two attached hydrogens (primary N) is 1. The quantitative estimate of drug-likeness (QED) is 0.864.